The molecule has 7 heteroatoms. The standard InChI is InChI=1S/C16H13BrClN3OS/c17-11-2-3-12(18)15-10(11)1-4-14(20-15)21-6-7-22-13(9-21)16-19-5-8-23-16/h1-5,8,13H,6-7,9H2/t13-/m0/s1. The Labute approximate surface area is 151 Å². The van der Waals surface area contributed by atoms with Gasteiger partial charge < -0.3 is 9.64 Å². The second kappa shape index (κ2) is 6.36. The average molecular weight is 411 g/mol. The lowest BCUT2D eigenvalue weighted by molar-refractivity contribution is 0.0394. The molecule has 0 bridgehead atoms. The molecule has 3 heterocycles. The zero-order valence-corrected chi connectivity index (χ0v) is 15.2. The predicted molar refractivity (Wildman–Crippen MR) is 97.5 cm³/mol. The quantitative estimate of drug-likeness (QED) is 0.614. The van der Waals surface area contributed by atoms with Crippen LogP contribution in [0, 0.1) is 0 Å². The van der Waals surface area contributed by atoms with Crippen LogP contribution >= 0.6 is 38.9 Å². The van der Waals surface area contributed by atoms with Crippen LogP contribution in [0.15, 0.2) is 40.3 Å². The van der Waals surface area contributed by atoms with Crippen LogP contribution in [0.5, 0.6) is 0 Å². The van der Waals surface area contributed by atoms with Gasteiger partial charge in [-0.1, -0.05) is 27.5 Å². The summed E-state index contributed by atoms with van der Waals surface area (Å²) < 4.78 is 6.85. The van der Waals surface area contributed by atoms with Crippen molar-refractivity contribution in [1.82, 2.24) is 9.97 Å². The van der Waals surface area contributed by atoms with E-state index in [9.17, 15) is 0 Å². The fourth-order valence-corrected chi connectivity index (χ4v) is 4.05. The van der Waals surface area contributed by atoms with Crippen LogP contribution in [0.4, 0.5) is 5.82 Å². The number of pyridine rings is 1. The van der Waals surface area contributed by atoms with E-state index < -0.39 is 0 Å². The van der Waals surface area contributed by atoms with Crippen molar-refractivity contribution in [3.8, 4) is 0 Å². The summed E-state index contributed by atoms with van der Waals surface area (Å²) in [6.45, 7) is 2.22. The molecule has 0 radical (unpaired) electrons. The Balaban J connectivity index is 1.67. The summed E-state index contributed by atoms with van der Waals surface area (Å²) in [5.74, 6) is 0.919. The number of halogens is 2. The summed E-state index contributed by atoms with van der Waals surface area (Å²) in [6, 6.07) is 7.90. The van der Waals surface area contributed by atoms with E-state index >= 15 is 0 Å². The highest BCUT2D eigenvalue weighted by Gasteiger charge is 2.25. The average Bonchev–Trinajstić information content (AvgIpc) is 3.13. The van der Waals surface area contributed by atoms with Crippen LogP contribution in [0.25, 0.3) is 10.9 Å². The molecule has 0 N–H and O–H groups in total. The Kier molecular flexibility index (Phi) is 4.24. The molecule has 1 atom stereocenters. The van der Waals surface area contributed by atoms with Gasteiger partial charge in [-0.25, -0.2) is 9.97 Å². The Morgan fingerprint density at radius 3 is 3.04 bits per heavy atom. The molecule has 1 saturated heterocycles. The van der Waals surface area contributed by atoms with Gasteiger partial charge in [0.25, 0.3) is 0 Å². The van der Waals surface area contributed by atoms with Gasteiger partial charge in [0.15, 0.2) is 0 Å². The first-order valence-corrected chi connectivity index (χ1v) is 9.28. The number of aromatic nitrogens is 2. The molecule has 4 nitrogen and oxygen atoms in total. The van der Waals surface area contributed by atoms with E-state index in [4.69, 9.17) is 21.3 Å². The van der Waals surface area contributed by atoms with Crippen molar-refractivity contribution in [3.63, 3.8) is 0 Å². The Morgan fingerprint density at radius 1 is 1.30 bits per heavy atom. The van der Waals surface area contributed by atoms with Crippen molar-refractivity contribution < 1.29 is 4.74 Å². The lowest BCUT2D eigenvalue weighted by atomic mass is 10.2. The van der Waals surface area contributed by atoms with Crippen molar-refractivity contribution in [1.29, 1.82) is 0 Å². The number of hydrogen-bond acceptors (Lipinski definition) is 5. The molecule has 4 rings (SSSR count). The van der Waals surface area contributed by atoms with Crippen molar-refractivity contribution >= 4 is 55.6 Å². The second-order valence-corrected chi connectivity index (χ2v) is 7.46. The third-order valence-corrected chi connectivity index (χ3v) is 5.72. The normalized spacial score (nSPS) is 18.5. The number of anilines is 1. The first-order valence-electron chi connectivity index (χ1n) is 7.23. The molecule has 118 valence electrons. The summed E-state index contributed by atoms with van der Waals surface area (Å²) >= 11 is 11.5. The first kappa shape index (κ1) is 15.3. The van der Waals surface area contributed by atoms with Gasteiger partial charge in [0, 0.05) is 28.0 Å². The molecule has 0 unspecified atom stereocenters. The minimum absolute atomic E-state index is 0.000714. The monoisotopic (exact) mass is 409 g/mol. The number of rotatable bonds is 2. The molecule has 1 aliphatic rings. The minimum Gasteiger partial charge on any atom is -0.367 e. The van der Waals surface area contributed by atoms with Gasteiger partial charge >= 0.3 is 0 Å². The van der Waals surface area contributed by atoms with Gasteiger partial charge in [0.05, 0.1) is 23.7 Å². The van der Waals surface area contributed by atoms with Crippen LogP contribution in [-0.4, -0.2) is 29.7 Å². The molecule has 1 aromatic carbocycles. The number of morpholine rings is 1. The largest absolute Gasteiger partial charge is 0.367 e. The van der Waals surface area contributed by atoms with Crippen LogP contribution < -0.4 is 4.90 Å². The van der Waals surface area contributed by atoms with Gasteiger partial charge in [-0.3, -0.25) is 0 Å². The molecule has 2 aromatic heterocycles. The maximum Gasteiger partial charge on any atom is 0.129 e. The SMILES string of the molecule is Clc1ccc(Br)c2ccc(N3CCO[C@H](c4nccs4)C3)nc12. The Hall–Kier alpha value is -1.21. The van der Waals surface area contributed by atoms with Crippen molar-refractivity contribution in [3.05, 3.63) is 50.3 Å². The lowest BCUT2D eigenvalue weighted by Crippen LogP contribution is -2.38. The van der Waals surface area contributed by atoms with Crippen molar-refractivity contribution in [2.45, 2.75) is 6.10 Å². The zero-order chi connectivity index (χ0) is 15.8. The highest BCUT2D eigenvalue weighted by atomic mass is 79.9. The molecular weight excluding hydrogens is 398 g/mol. The summed E-state index contributed by atoms with van der Waals surface area (Å²) in [5.41, 5.74) is 0.816. The van der Waals surface area contributed by atoms with Crippen LogP contribution in [0.1, 0.15) is 11.1 Å². The van der Waals surface area contributed by atoms with E-state index in [2.05, 4.69) is 31.9 Å². The smallest absolute Gasteiger partial charge is 0.129 e. The van der Waals surface area contributed by atoms with Gasteiger partial charge in [-0.15, -0.1) is 11.3 Å². The number of benzene rings is 1. The van der Waals surface area contributed by atoms with Gasteiger partial charge in [-0.2, -0.15) is 0 Å². The van der Waals surface area contributed by atoms with E-state index in [1.165, 1.54) is 0 Å². The van der Waals surface area contributed by atoms with Crippen LogP contribution in [-0.2, 0) is 4.74 Å². The number of ether oxygens (including phenoxy) is 1. The fraction of sp³-hybridized carbons (Fsp3) is 0.250. The maximum absolute atomic E-state index is 6.31. The molecule has 23 heavy (non-hydrogen) atoms. The summed E-state index contributed by atoms with van der Waals surface area (Å²) in [5, 5.41) is 4.67. The number of thiazole rings is 1. The highest BCUT2D eigenvalue weighted by Crippen LogP contribution is 2.32. The summed E-state index contributed by atoms with van der Waals surface area (Å²) in [6.07, 6.45) is 1.81. The van der Waals surface area contributed by atoms with E-state index in [1.807, 2.05) is 29.8 Å². The Morgan fingerprint density at radius 2 is 2.22 bits per heavy atom. The molecule has 0 spiro atoms. The molecule has 0 aliphatic carbocycles. The third-order valence-electron chi connectivity index (χ3n) is 3.86. The van der Waals surface area contributed by atoms with E-state index in [0.717, 1.165) is 39.3 Å². The summed E-state index contributed by atoms with van der Waals surface area (Å²) in [7, 11) is 0. The fourth-order valence-electron chi connectivity index (χ4n) is 2.72. The van der Waals surface area contributed by atoms with Crippen LogP contribution in [0.3, 0.4) is 0 Å². The van der Waals surface area contributed by atoms with Crippen LogP contribution in [0.2, 0.25) is 5.02 Å². The number of fused-ring (bicyclic) bond motifs is 1. The Bertz CT molecular complexity index is 843. The lowest BCUT2D eigenvalue weighted by Gasteiger charge is -2.33. The number of hydrogen-bond donors (Lipinski definition) is 0. The first-order chi connectivity index (χ1) is 11.2. The summed E-state index contributed by atoms with van der Waals surface area (Å²) in [4.78, 5) is 11.4. The zero-order valence-electron chi connectivity index (χ0n) is 12.1. The molecule has 0 amide bonds. The maximum atomic E-state index is 6.31. The number of nitrogens with zero attached hydrogens (tertiary/aromatic N) is 3. The molecule has 3 aromatic rings. The third kappa shape index (κ3) is 2.96. The molecule has 1 aliphatic heterocycles. The molecular formula is C16H13BrClN3OS. The van der Waals surface area contributed by atoms with Gasteiger partial charge in [0.1, 0.15) is 16.9 Å². The predicted octanol–water partition coefficient (Wildman–Crippen LogP) is 4.69. The van der Waals surface area contributed by atoms with E-state index in [1.54, 1.807) is 11.3 Å². The van der Waals surface area contributed by atoms with Crippen molar-refractivity contribution in [2.75, 3.05) is 24.6 Å². The second-order valence-electron chi connectivity index (χ2n) is 5.27. The topological polar surface area (TPSA) is 38.2 Å². The minimum atomic E-state index is -0.000714. The van der Waals surface area contributed by atoms with Crippen molar-refractivity contribution in [2.24, 2.45) is 0 Å². The van der Waals surface area contributed by atoms with Gasteiger partial charge in [-0.05, 0) is 24.3 Å². The van der Waals surface area contributed by atoms with E-state index in [-0.39, 0.29) is 6.10 Å². The van der Waals surface area contributed by atoms with Gasteiger partial charge in [0.2, 0.25) is 0 Å². The molecule has 0 saturated carbocycles. The van der Waals surface area contributed by atoms with E-state index in [0.29, 0.717) is 11.6 Å². The highest BCUT2D eigenvalue weighted by molar-refractivity contribution is 9.10. The molecule has 1 fully saturated rings.